The van der Waals surface area contributed by atoms with E-state index >= 15 is 0 Å². The third kappa shape index (κ3) is 2.69. The number of hydrogen-bond acceptors (Lipinski definition) is 3. The number of H-pyrrole nitrogens is 1. The van der Waals surface area contributed by atoms with Crippen LogP contribution < -0.4 is 5.32 Å². The van der Waals surface area contributed by atoms with Gasteiger partial charge in [0.15, 0.2) is 0 Å². The summed E-state index contributed by atoms with van der Waals surface area (Å²) in [5.74, 6) is -0.193. The first kappa shape index (κ1) is 13.1. The van der Waals surface area contributed by atoms with Gasteiger partial charge in [0.05, 0.1) is 5.60 Å². The number of aliphatic hydroxyl groups is 1. The average Bonchev–Trinajstić information content (AvgIpc) is 2.89. The second-order valence-electron chi connectivity index (χ2n) is 5.29. The monoisotopic (exact) mass is 274 g/mol. The Kier molecular flexibility index (Phi) is 3.46. The van der Waals surface area contributed by atoms with E-state index in [0.717, 1.165) is 10.9 Å². The molecule has 2 heterocycles. The van der Waals surface area contributed by atoms with E-state index in [4.69, 9.17) is 4.74 Å². The van der Waals surface area contributed by atoms with Crippen LogP contribution in [-0.2, 0) is 4.74 Å². The van der Waals surface area contributed by atoms with Crippen LogP contribution in [-0.4, -0.2) is 41.4 Å². The number of carbonyl (C=O) groups is 1. The molecule has 1 aliphatic heterocycles. The van der Waals surface area contributed by atoms with Gasteiger partial charge in [0, 0.05) is 43.5 Å². The SMILES string of the molecule is O=C(NCC1(O)CCOCC1)c1cc2ccccc2[nH]1. The van der Waals surface area contributed by atoms with Gasteiger partial charge in [-0.05, 0) is 12.1 Å². The average molecular weight is 274 g/mol. The van der Waals surface area contributed by atoms with Gasteiger partial charge in [-0.1, -0.05) is 18.2 Å². The molecule has 1 aliphatic rings. The first-order chi connectivity index (χ1) is 9.66. The van der Waals surface area contributed by atoms with Crippen molar-refractivity contribution in [3.8, 4) is 0 Å². The van der Waals surface area contributed by atoms with Crippen molar-refractivity contribution in [1.82, 2.24) is 10.3 Å². The number of carbonyl (C=O) groups excluding carboxylic acids is 1. The Morgan fingerprint density at radius 3 is 2.85 bits per heavy atom. The summed E-state index contributed by atoms with van der Waals surface area (Å²) in [6.07, 6.45) is 1.11. The summed E-state index contributed by atoms with van der Waals surface area (Å²) < 4.78 is 5.22. The number of aromatic amines is 1. The quantitative estimate of drug-likeness (QED) is 0.793. The molecule has 1 amide bonds. The van der Waals surface area contributed by atoms with Crippen LogP contribution >= 0.6 is 0 Å². The van der Waals surface area contributed by atoms with Crippen molar-refractivity contribution < 1.29 is 14.6 Å². The van der Waals surface area contributed by atoms with E-state index in [1.807, 2.05) is 30.3 Å². The highest BCUT2D eigenvalue weighted by Gasteiger charge is 2.30. The molecule has 5 heteroatoms. The molecular weight excluding hydrogens is 256 g/mol. The van der Waals surface area contributed by atoms with Crippen molar-refractivity contribution in [3.63, 3.8) is 0 Å². The molecule has 5 nitrogen and oxygen atoms in total. The standard InChI is InChI=1S/C15H18N2O3/c18-14(16-10-15(19)5-7-20-8-6-15)13-9-11-3-1-2-4-12(11)17-13/h1-4,9,17,19H,5-8,10H2,(H,16,18). The smallest absolute Gasteiger partial charge is 0.267 e. The Morgan fingerprint density at radius 2 is 2.10 bits per heavy atom. The summed E-state index contributed by atoms with van der Waals surface area (Å²) in [6, 6.07) is 9.55. The molecule has 3 rings (SSSR count). The first-order valence-electron chi connectivity index (χ1n) is 6.82. The van der Waals surface area contributed by atoms with Gasteiger partial charge in [-0.3, -0.25) is 4.79 Å². The van der Waals surface area contributed by atoms with Crippen LogP contribution in [0.2, 0.25) is 0 Å². The van der Waals surface area contributed by atoms with Gasteiger partial charge in [0.25, 0.3) is 5.91 Å². The first-order valence-corrected chi connectivity index (χ1v) is 6.82. The zero-order chi connectivity index (χ0) is 14.0. The van der Waals surface area contributed by atoms with Crippen LogP contribution in [0.5, 0.6) is 0 Å². The van der Waals surface area contributed by atoms with Crippen LogP contribution in [0.25, 0.3) is 10.9 Å². The van der Waals surface area contributed by atoms with E-state index in [0.29, 0.717) is 31.7 Å². The summed E-state index contributed by atoms with van der Waals surface area (Å²) in [4.78, 5) is 15.2. The third-order valence-electron chi connectivity index (χ3n) is 3.78. The number of amides is 1. The summed E-state index contributed by atoms with van der Waals surface area (Å²) >= 11 is 0. The molecule has 0 saturated carbocycles. The van der Waals surface area contributed by atoms with Crippen molar-refractivity contribution in [1.29, 1.82) is 0 Å². The maximum Gasteiger partial charge on any atom is 0.267 e. The molecule has 0 spiro atoms. The lowest BCUT2D eigenvalue weighted by Gasteiger charge is -2.31. The van der Waals surface area contributed by atoms with Gasteiger partial charge in [0.1, 0.15) is 5.69 Å². The molecule has 0 radical (unpaired) electrons. The Bertz CT molecular complexity index is 581. The summed E-state index contributed by atoms with van der Waals surface area (Å²) in [5.41, 5.74) is 0.601. The minimum atomic E-state index is -0.847. The molecule has 0 aliphatic carbocycles. The second kappa shape index (κ2) is 5.26. The van der Waals surface area contributed by atoms with Crippen LogP contribution in [0.3, 0.4) is 0 Å². The fraction of sp³-hybridized carbons (Fsp3) is 0.400. The lowest BCUT2D eigenvalue weighted by atomic mass is 9.94. The summed E-state index contributed by atoms with van der Waals surface area (Å²) in [7, 11) is 0. The number of fused-ring (bicyclic) bond motifs is 1. The fourth-order valence-electron chi connectivity index (χ4n) is 2.46. The van der Waals surface area contributed by atoms with E-state index in [2.05, 4.69) is 10.3 Å². The van der Waals surface area contributed by atoms with Gasteiger partial charge in [-0.15, -0.1) is 0 Å². The molecule has 1 saturated heterocycles. The molecule has 1 aromatic heterocycles. The molecule has 1 aromatic carbocycles. The Hall–Kier alpha value is -1.85. The van der Waals surface area contributed by atoms with Crippen LogP contribution in [0, 0.1) is 0 Å². The van der Waals surface area contributed by atoms with Crippen molar-refractivity contribution in [2.45, 2.75) is 18.4 Å². The molecule has 1 fully saturated rings. The van der Waals surface area contributed by atoms with E-state index in [1.54, 1.807) is 0 Å². The highest BCUT2D eigenvalue weighted by atomic mass is 16.5. The highest BCUT2D eigenvalue weighted by Crippen LogP contribution is 2.20. The van der Waals surface area contributed by atoms with Crippen molar-refractivity contribution in [3.05, 3.63) is 36.0 Å². The molecular formula is C15H18N2O3. The van der Waals surface area contributed by atoms with Crippen LogP contribution in [0.15, 0.2) is 30.3 Å². The summed E-state index contributed by atoms with van der Waals surface area (Å²) in [6.45, 7) is 1.34. The fourth-order valence-corrected chi connectivity index (χ4v) is 2.46. The largest absolute Gasteiger partial charge is 0.388 e. The van der Waals surface area contributed by atoms with Crippen molar-refractivity contribution in [2.24, 2.45) is 0 Å². The predicted octanol–water partition coefficient (Wildman–Crippen LogP) is 1.44. The van der Waals surface area contributed by atoms with E-state index in [1.165, 1.54) is 0 Å². The number of para-hydroxylation sites is 1. The van der Waals surface area contributed by atoms with Crippen molar-refractivity contribution in [2.75, 3.05) is 19.8 Å². The van der Waals surface area contributed by atoms with E-state index in [-0.39, 0.29) is 12.5 Å². The number of hydrogen-bond donors (Lipinski definition) is 3. The van der Waals surface area contributed by atoms with E-state index < -0.39 is 5.60 Å². The lowest BCUT2D eigenvalue weighted by molar-refractivity contribution is -0.0605. The number of benzene rings is 1. The Balaban J connectivity index is 1.66. The normalized spacial score (nSPS) is 18.1. The maximum atomic E-state index is 12.1. The number of nitrogens with one attached hydrogen (secondary N) is 2. The number of rotatable bonds is 3. The van der Waals surface area contributed by atoms with Crippen LogP contribution in [0.4, 0.5) is 0 Å². The summed E-state index contributed by atoms with van der Waals surface area (Å²) in [5, 5.41) is 14.1. The van der Waals surface area contributed by atoms with Crippen LogP contribution in [0.1, 0.15) is 23.3 Å². The number of aromatic nitrogens is 1. The minimum Gasteiger partial charge on any atom is -0.388 e. The van der Waals surface area contributed by atoms with E-state index in [9.17, 15) is 9.90 Å². The predicted molar refractivity (Wildman–Crippen MR) is 75.6 cm³/mol. The zero-order valence-corrected chi connectivity index (χ0v) is 11.2. The van der Waals surface area contributed by atoms with Gasteiger partial charge < -0.3 is 20.1 Å². The Morgan fingerprint density at radius 1 is 1.35 bits per heavy atom. The number of ether oxygens (including phenoxy) is 1. The zero-order valence-electron chi connectivity index (χ0n) is 11.2. The topological polar surface area (TPSA) is 74.3 Å². The van der Waals surface area contributed by atoms with Gasteiger partial charge in [-0.2, -0.15) is 0 Å². The molecule has 106 valence electrons. The molecule has 3 N–H and O–H groups in total. The van der Waals surface area contributed by atoms with Gasteiger partial charge >= 0.3 is 0 Å². The highest BCUT2D eigenvalue weighted by molar-refractivity contribution is 5.97. The van der Waals surface area contributed by atoms with Gasteiger partial charge in [-0.25, -0.2) is 0 Å². The maximum absolute atomic E-state index is 12.1. The molecule has 0 atom stereocenters. The Labute approximate surface area is 116 Å². The second-order valence-corrected chi connectivity index (χ2v) is 5.29. The molecule has 0 unspecified atom stereocenters. The molecule has 0 bridgehead atoms. The molecule has 20 heavy (non-hydrogen) atoms. The van der Waals surface area contributed by atoms with Gasteiger partial charge in [0.2, 0.25) is 0 Å². The van der Waals surface area contributed by atoms with Crippen molar-refractivity contribution >= 4 is 16.8 Å². The minimum absolute atomic E-state index is 0.193. The third-order valence-corrected chi connectivity index (χ3v) is 3.78. The molecule has 2 aromatic rings. The lowest BCUT2D eigenvalue weighted by Crippen LogP contribution is -2.46.